The first-order chi connectivity index (χ1) is 7.70. The molecule has 0 aliphatic heterocycles. The number of aromatic nitrogens is 1. The lowest BCUT2D eigenvalue weighted by Crippen LogP contribution is -1.79. The van der Waals surface area contributed by atoms with Gasteiger partial charge in [-0.05, 0) is 18.6 Å². The van der Waals surface area contributed by atoms with E-state index in [4.69, 9.17) is 5.11 Å². The van der Waals surface area contributed by atoms with Crippen molar-refractivity contribution in [1.82, 2.24) is 4.98 Å². The van der Waals surface area contributed by atoms with E-state index in [1.807, 2.05) is 37.4 Å². The molecule has 2 heteroatoms. The van der Waals surface area contributed by atoms with Crippen molar-refractivity contribution in [3.8, 4) is 0 Å². The van der Waals surface area contributed by atoms with Crippen molar-refractivity contribution in [3.63, 3.8) is 0 Å². The lowest BCUT2D eigenvalue weighted by Gasteiger charge is -1.96. The molecule has 2 rings (SSSR count). The molecule has 1 heterocycles. The highest BCUT2D eigenvalue weighted by Crippen LogP contribution is 2.20. The van der Waals surface area contributed by atoms with E-state index in [0.29, 0.717) is 0 Å². The van der Waals surface area contributed by atoms with Crippen molar-refractivity contribution in [1.29, 1.82) is 0 Å². The zero-order valence-electron chi connectivity index (χ0n) is 9.33. The second-order valence-corrected chi connectivity index (χ2v) is 3.96. The molecule has 0 spiro atoms. The first-order valence-electron chi connectivity index (χ1n) is 5.25. The van der Waals surface area contributed by atoms with Crippen LogP contribution >= 0.6 is 0 Å². The Kier molecular flexibility index (Phi) is 2.93. The Hall–Kier alpha value is -1.80. The molecule has 0 unspecified atom stereocenters. The molecule has 0 aliphatic carbocycles. The molecule has 2 aromatic rings. The number of nitrogens with one attached hydrogen (secondary N) is 1. The van der Waals surface area contributed by atoms with Crippen LogP contribution in [-0.2, 0) is 6.61 Å². The fourth-order valence-corrected chi connectivity index (χ4v) is 1.68. The second kappa shape index (κ2) is 4.37. The quantitative estimate of drug-likeness (QED) is 0.754. The zero-order valence-corrected chi connectivity index (χ0v) is 9.33. The summed E-state index contributed by atoms with van der Waals surface area (Å²) in [6.45, 7) is 5.86. The summed E-state index contributed by atoms with van der Waals surface area (Å²) in [4.78, 5) is 3.15. The van der Waals surface area contributed by atoms with Crippen molar-refractivity contribution >= 4 is 17.0 Å². The second-order valence-electron chi connectivity index (χ2n) is 3.96. The number of hydrogen-bond donors (Lipinski definition) is 2. The molecular weight excluding hydrogens is 198 g/mol. The van der Waals surface area contributed by atoms with Gasteiger partial charge in [0.25, 0.3) is 0 Å². The lowest BCUT2D eigenvalue weighted by atomic mass is 10.1. The van der Waals surface area contributed by atoms with Crippen molar-refractivity contribution in [2.45, 2.75) is 13.5 Å². The Bertz CT molecular complexity index is 549. The minimum Gasteiger partial charge on any atom is -0.392 e. The van der Waals surface area contributed by atoms with Crippen LogP contribution in [0.1, 0.15) is 18.1 Å². The molecule has 0 fully saturated rings. The maximum absolute atomic E-state index is 9.12. The summed E-state index contributed by atoms with van der Waals surface area (Å²) in [5.41, 5.74) is 4.14. The van der Waals surface area contributed by atoms with Crippen molar-refractivity contribution in [2.75, 3.05) is 0 Å². The van der Waals surface area contributed by atoms with E-state index < -0.39 is 0 Å². The maximum atomic E-state index is 9.12. The van der Waals surface area contributed by atoms with Crippen LogP contribution in [0, 0.1) is 0 Å². The Morgan fingerprint density at radius 1 is 1.50 bits per heavy atom. The van der Waals surface area contributed by atoms with E-state index in [2.05, 4.69) is 17.6 Å². The van der Waals surface area contributed by atoms with E-state index >= 15 is 0 Å². The Balaban J connectivity index is 2.41. The fourth-order valence-electron chi connectivity index (χ4n) is 1.68. The number of H-pyrrole nitrogens is 1. The Morgan fingerprint density at radius 2 is 2.31 bits per heavy atom. The van der Waals surface area contributed by atoms with Crippen LogP contribution in [0.15, 0.2) is 42.6 Å². The summed E-state index contributed by atoms with van der Waals surface area (Å²) in [6, 6.07) is 6.12. The summed E-state index contributed by atoms with van der Waals surface area (Å²) >= 11 is 0. The van der Waals surface area contributed by atoms with Gasteiger partial charge in [0.1, 0.15) is 0 Å². The fraction of sp³-hybridized carbons (Fsp3) is 0.143. The molecule has 1 aromatic heterocycles. The topological polar surface area (TPSA) is 36.0 Å². The highest BCUT2D eigenvalue weighted by Gasteiger charge is 2.01. The van der Waals surface area contributed by atoms with Crippen LogP contribution in [0.3, 0.4) is 0 Å². The van der Waals surface area contributed by atoms with Crippen LogP contribution in [0.4, 0.5) is 0 Å². The summed E-state index contributed by atoms with van der Waals surface area (Å²) in [5.74, 6) is 0. The van der Waals surface area contributed by atoms with Gasteiger partial charge in [-0.15, -0.1) is 0 Å². The first-order valence-corrected chi connectivity index (χ1v) is 5.25. The number of aromatic amines is 1. The normalized spacial score (nSPS) is 11.4. The van der Waals surface area contributed by atoms with Crippen molar-refractivity contribution < 1.29 is 5.11 Å². The minimum atomic E-state index is 0.0704. The number of hydrogen-bond acceptors (Lipinski definition) is 1. The van der Waals surface area contributed by atoms with Gasteiger partial charge in [-0.1, -0.05) is 36.4 Å². The van der Waals surface area contributed by atoms with E-state index in [1.54, 1.807) is 0 Å². The Morgan fingerprint density at radius 3 is 3.00 bits per heavy atom. The highest BCUT2D eigenvalue weighted by atomic mass is 16.3. The third kappa shape index (κ3) is 2.07. The maximum Gasteiger partial charge on any atom is 0.0702 e. The van der Waals surface area contributed by atoms with Crippen LogP contribution < -0.4 is 0 Å². The van der Waals surface area contributed by atoms with Crippen molar-refractivity contribution in [3.05, 3.63) is 53.8 Å². The Labute approximate surface area is 94.9 Å². The molecule has 0 saturated heterocycles. The van der Waals surface area contributed by atoms with Gasteiger partial charge >= 0.3 is 0 Å². The first kappa shape index (κ1) is 10.7. The molecule has 0 amide bonds. The van der Waals surface area contributed by atoms with Crippen LogP contribution in [0.2, 0.25) is 0 Å². The van der Waals surface area contributed by atoms with Crippen LogP contribution in [0.25, 0.3) is 17.0 Å². The van der Waals surface area contributed by atoms with Gasteiger partial charge in [-0.2, -0.15) is 0 Å². The molecule has 0 saturated carbocycles. The molecule has 0 atom stereocenters. The van der Waals surface area contributed by atoms with Crippen molar-refractivity contribution in [2.24, 2.45) is 0 Å². The molecule has 1 aromatic carbocycles. The highest BCUT2D eigenvalue weighted by molar-refractivity contribution is 5.85. The van der Waals surface area contributed by atoms with E-state index in [9.17, 15) is 0 Å². The molecular formula is C14H15NO. The molecule has 0 radical (unpaired) electrons. The van der Waals surface area contributed by atoms with Gasteiger partial charge in [0.05, 0.1) is 6.61 Å². The summed E-state index contributed by atoms with van der Waals surface area (Å²) in [6.07, 6.45) is 5.86. The van der Waals surface area contributed by atoms with Crippen LogP contribution in [0.5, 0.6) is 0 Å². The number of benzene rings is 1. The number of fused-ring (bicyclic) bond motifs is 1. The lowest BCUT2D eigenvalue weighted by molar-refractivity contribution is 0.283. The van der Waals surface area contributed by atoms with Gasteiger partial charge in [0.15, 0.2) is 0 Å². The SMILES string of the molecule is C=C(C)/C=C/c1ccc2c(CO)c[nH]c2c1. The van der Waals surface area contributed by atoms with Gasteiger partial charge in [-0.25, -0.2) is 0 Å². The van der Waals surface area contributed by atoms with Gasteiger partial charge in [-0.3, -0.25) is 0 Å². The molecule has 0 aliphatic rings. The minimum absolute atomic E-state index is 0.0704. The summed E-state index contributed by atoms with van der Waals surface area (Å²) in [7, 11) is 0. The third-order valence-electron chi connectivity index (χ3n) is 2.52. The molecule has 2 nitrogen and oxygen atoms in total. The predicted molar refractivity (Wildman–Crippen MR) is 68.1 cm³/mol. The number of aliphatic hydroxyl groups excluding tert-OH is 1. The van der Waals surface area contributed by atoms with E-state index in [-0.39, 0.29) is 6.61 Å². The van der Waals surface area contributed by atoms with E-state index in [1.165, 1.54) is 0 Å². The average Bonchev–Trinajstić information content (AvgIpc) is 2.68. The molecule has 2 N–H and O–H groups in total. The van der Waals surface area contributed by atoms with Gasteiger partial charge in [0.2, 0.25) is 0 Å². The third-order valence-corrected chi connectivity index (χ3v) is 2.52. The predicted octanol–water partition coefficient (Wildman–Crippen LogP) is 3.25. The summed E-state index contributed by atoms with van der Waals surface area (Å²) < 4.78 is 0. The van der Waals surface area contributed by atoms with E-state index in [0.717, 1.165) is 27.6 Å². The number of allylic oxidation sites excluding steroid dienone is 2. The van der Waals surface area contributed by atoms with Gasteiger partial charge in [0, 0.05) is 22.7 Å². The van der Waals surface area contributed by atoms with Gasteiger partial charge < -0.3 is 10.1 Å². The molecule has 16 heavy (non-hydrogen) atoms. The molecule has 82 valence electrons. The molecule has 0 bridgehead atoms. The number of rotatable bonds is 3. The smallest absolute Gasteiger partial charge is 0.0702 e. The number of aliphatic hydroxyl groups is 1. The van der Waals surface area contributed by atoms with Crippen LogP contribution in [-0.4, -0.2) is 10.1 Å². The summed E-state index contributed by atoms with van der Waals surface area (Å²) in [5, 5.41) is 10.2. The average molecular weight is 213 g/mol. The largest absolute Gasteiger partial charge is 0.392 e. The monoisotopic (exact) mass is 213 g/mol. The standard InChI is InChI=1S/C14H15NO/c1-10(2)3-4-11-5-6-13-12(9-16)8-15-14(13)7-11/h3-8,15-16H,1,9H2,2H3/b4-3+. The zero-order chi connectivity index (χ0) is 11.5.